The fourth-order valence-corrected chi connectivity index (χ4v) is 5.13. The van der Waals surface area contributed by atoms with Crippen molar-refractivity contribution in [3.05, 3.63) is 16.6 Å². The summed E-state index contributed by atoms with van der Waals surface area (Å²) in [4.78, 5) is 60.3. The molecule has 13 heteroatoms. The molecule has 4 atom stereocenters. The zero-order chi connectivity index (χ0) is 24.2. The van der Waals surface area contributed by atoms with Gasteiger partial charge in [-0.3, -0.25) is 29.5 Å². The van der Waals surface area contributed by atoms with Crippen molar-refractivity contribution in [3.63, 3.8) is 0 Å². The summed E-state index contributed by atoms with van der Waals surface area (Å²) in [6.07, 6.45) is 0.0289. The van der Waals surface area contributed by atoms with E-state index in [9.17, 15) is 19.2 Å². The van der Waals surface area contributed by atoms with Crippen LogP contribution in [0.25, 0.3) is 0 Å². The molecule has 0 spiro atoms. The molecular weight excluding hydrogens is 464 g/mol. The lowest BCUT2D eigenvalue weighted by Crippen LogP contribution is -2.57. The van der Waals surface area contributed by atoms with E-state index in [4.69, 9.17) is 15.2 Å². The number of rotatable bonds is 7. The van der Waals surface area contributed by atoms with Crippen LogP contribution in [0.2, 0.25) is 0 Å². The maximum atomic E-state index is 13.1. The van der Waals surface area contributed by atoms with Gasteiger partial charge in [-0.05, 0) is 19.8 Å². The summed E-state index contributed by atoms with van der Waals surface area (Å²) in [6.45, 7) is 4.57. The second-order valence-electron chi connectivity index (χ2n) is 8.71. The summed E-state index contributed by atoms with van der Waals surface area (Å²) in [5.41, 5.74) is 8.49. The third-order valence-corrected chi connectivity index (χ3v) is 6.98. The van der Waals surface area contributed by atoms with Crippen LogP contribution < -0.4 is 11.1 Å². The third-order valence-electron chi connectivity index (χ3n) is 6.34. The van der Waals surface area contributed by atoms with Gasteiger partial charge in [0.2, 0.25) is 11.8 Å². The van der Waals surface area contributed by atoms with Gasteiger partial charge in [-0.1, -0.05) is 0 Å². The van der Waals surface area contributed by atoms with Gasteiger partial charge < -0.3 is 20.1 Å². The second-order valence-corrected chi connectivity index (χ2v) is 9.43. The zero-order valence-corrected chi connectivity index (χ0v) is 19.9. The molecule has 1 aromatic heterocycles. The van der Waals surface area contributed by atoms with Crippen LogP contribution in [0.3, 0.4) is 0 Å². The van der Waals surface area contributed by atoms with E-state index in [1.165, 1.54) is 21.1 Å². The number of thiazole rings is 1. The number of morpholine rings is 1. The Kier molecular flexibility index (Phi) is 7.76. The topological polar surface area (TPSA) is 147 Å². The molecule has 3 N–H and O–H groups in total. The van der Waals surface area contributed by atoms with Crippen molar-refractivity contribution in [1.82, 2.24) is 25.0 Å². The van der Waals surface area contributed by atoms with Crippen LogP contribution in [0.15, 0.2) is 10.9 Å². The van der Waals surface area contributed by atoms with Gasteiger partial charge in [0.15, 0.2) is 6.04 Å². The number of imide groups is 1. The van der Waals surface area contributed by atoms with Gasteiger partial charge in [-0.25, -0.2) is 9.78 Å². The Bertz CT molecular complexity index is 908. The SMILES string of the molecule is C[C@@H]1OC(=O)N(CN2CCOCC2)[C@@H]1C(=O)NC(=O)[C@@H]1CCCN1C(=O)[C@@H](N)Cc1cscn1. The average Bonchev–Trinajstić information content (AvgIpc) is 3.55. The van der Waals surface area contributed by atoms with Crippen LogP contribution in [-0.4, -0.2) is 107 Å². The first-order valence-electron chi connectivity index (χ1n) is 11.4. The summed E-state index contributed by atoms with van der Waals surface area (Å²) in [7, 11) is 0. The lowest BCUT2D eigenvalue weighted by atomic mass is 10.1. The predicted molar refractivity (Wildman–Crippen MR) is 121 cm³/mol. The fraction of sp³-hybridized carbons (Fsp3) is 0.667. The molecule has 0 aliphatic carbocycles. The molecule has 0 bridgehead atoms. The second kappa shape index (κ2) is 10.8. The number of amides is 4. The number of hydrogen-bond donors (Lipinski definition) is 2. The van der Waals surface area contributed by atoms with Crippen LogP contribution in [-0.2, 0) is 30.3 Å². The molecular formula is C21H30N6O6S. The van der Waals surface area contributed by atoms with E-state index in [0.717, 1.165) is 5.69 Å². The number of cyclic esters (lactones) is 1. The minimum Gasteiger partial charge on any atom is -0.444 e. The molecule has 1 aromatic rings. The van der Waals surface area contributed by atoms with Crippen LogP contribution in [0.4, 0.5) is 4.79 Å². The van der Waals surface area contributed by atoms with Gasteiger partial charge >= 0.3 is 6.09 Å². The number of nitrogens with zero attached hydrogens (tertiary/aromatic N) is 4. The molecule has 12 nitrogen and oxygen atoms in total. The molecule has 186 valence electrons. The average molecular weight is 495 g/mol. The Morgan fingerprint density at radius 1 is 1.26 bits per heavy atom. The van der Waals surface area contributed by atoms with Crippen molar-refractivity contribution in [2.45, 2.75) is 50.4 Å². The predicted octanol–water partition coefficient (Wildman–Crippen LogP) is -0.854. The largest absolute Gasteiger partial charge is 0.444 e. The fourth-order valence-electron chi connectivity index (χ4n) is 4.56. The minimum atomic E-state index is -0.947. The molecule has 0 radical (unpaired) electrons. The smallest absolute Gasteiger partial charge is 0.411 e. The molecule has 34 heavy (non-hydrogen) atoms. The molecule has 3 aliphatic rings. The van der Waals surface area contributed by atoms with E-state index in [2.05, 4.69) is 10.3 Å². The standard InChI is InChI=1S/C21H30N6O6S/c1-13-17(27(21(31)33-13)12-25-5-7-32-8-6-25)19(29)24-18(28)16-3-2-4-26(16)20(30)15(22)9-14-10-34-11-23-14/h10-11,13,15-17H,2-9,12,22H2,1H3,(H,24,28,29)/t13-,15-,16-,17-/m0/s1. The lowest BCUT2D eigenvalue weighted by molar-refractivity contribution is -0.142. The highest BCUT2D eigenvalue weighted by molar-refractivity contribution is 7.07. The summed E-state index contributed by atoms with van der Waals surface area (Å²) in [5.74, 6) is -1.54. The van der Waals surface area contributed by atoms with Gasteiger partial charge in [0.1, 0.15) is 12.1 Å². The number of aromatic nitrogens is 1. The number of nitrogens with two attached hydrogens (primary N) is 1. The molecule has 4 amide bonds. The van der Waals surface area contributed by atoms with Crippen molar-refractivity contribution in [2.75, 3.05) is 39.5 Å². The van der Waals surface area contributed by atoms with Crippen molar-refractivity contribution >= 4 is 35.2 Å². The molecule has 4 rings (SSSR count). The van der Waals surface area contributed by atoms with E-state index in [1.54, 1.807) is 12.4 Å². The molecule has 4 heterocycles. The number of hydrogen-bond acceptors (Lipinski definition) is 10. The Labute approximate surface area is 201 Å². The molecule has 0 unspecified atom stereocenters. The van der Waals surface area contributed by atoms with Crippen molar-refractivity contribution < 1.29 is 28.7 Å². The quantitative estimate of drug-likeness (QED) is 0.462. The highest BCUT2D eigenvalue weighted by Crippen LogP contribution is 2.22. The Morgan fingerprint density at radius 2 is 2.03 bits per heavy atom. The first-order valence-corrected chi connectivity index (χ1v) is 12.3. The number of carbonyl (C=O) groups excluding carboxylic acids is 4. The molecule has 3 aliphatic heterocycles. The molecule has 3 fully saturated rings. The van der Waals surface area contributed by atoms with E-state index in [1.807, 2.05) is 10.3 Å². The normalized spacial score (nSPS) is 26.4. The third kappa shape index (κ3) is 5.37. The van der Waals surface area contributed by atoms with Crippen molar-refractivity contribution in [1.29, 1.82) is 0 Å². The van der Waals surface area contributed by atoms with Gasteiger partial charge in [-0.2, -0.15) is 0 Å². The van der Waals surface area contributed by atoms with Gasteiger partial charge in [-0.15, -0.1) is 11.3 Å². The maximum Gasteiger partial charge on any atom is 0.411 e. The minimum absolute atomic E-state index is 0.207. The van der Waals surface area contributed by atoms with E-state index in [0.29, 0.717) is 45.7 Å². The first kappa shape index (κ1) is 24.5. The number of likely N-dealkylation sites (tertiary alicyclic amines) is 1. The number of nitrogens with one attached hydrogen (secondary N) is 1. The van der Waals surface area contributed by atoms with Gasteiger partial charge in [0, 0.05) is 31.4 Å². The van der Waals surface area contributed by atoms with Crippen LogP contribution in [0, 0.1) is 0 Å². The van der Waals surface area contributed by atoms with Gasteiger partial charge in [0.25, 0.3) is 5.91 Å². The Morgan fingerprint density at radius 3 is 2.74 bits per heavy atom. The summed E-state index contributed by atoms with van der Waals surface area (Å²) in [6, 6.07) is -2.56. The summed E-state index contributed by atoms with van der Waals surface area (Å²) < 4.78 is 10.6. The number of ether oxygens (including phenoxy) is 2. The van der Waals surface area contributed by atoms with Crippen molar-refractivity contribution in [3.8, 4) is 0 Å². The van der Waals surface area contributed by atoms with E-state index >= 15 is 0 Å². The Balaban J connectivity index is 1.37. The monoisotopic (exact) mass is 494 g/mol. The molecule has 0 saturated carbocycles. The maximum absolute atomic E-state index is 13.1. The zero-order valence-electron chi connectivity index (χ0n) is 19.1. The van der Waals surface area contributed by atoms with E-state index in [-0.39, 0.29) is 19.0 Å². The summed E-state index contributed by atoms with van der Waals surface area (Å²) >= 11 is 1.42. The van der Waals surface area contributed by atoms with Crippen molar-refractivity contribution in [2.24, 2.45) is 5.73 Å². The molecule has 0 aromatic carbocycles. The van der Waals surface area contributed by atoms with Crippen LogP contribution in [0.5, 0.6) is 0 Å². The number of carbonyl (C=O) groups is 4. The molecule has 3 saturated heterocycles. The first-order chi connectivity index (χ1) is 16.3. The van der Waals surface area contributed by atoms with Crippen LogP contribution >= 0.6 is 11.3 Å². The Hall–Kier alpha value is -2.61. The van der Waals surface area contributed by atoms with Gasteiger partial charge in [0.05, 0.1) is 37.1 Å². The highest BCUT2D eigenvalue weighted by atomic mass is 32.1. The van der Waals surface area contributed by atoms with Crippen LogP contribution in [0.1, 0.15) is 25.5 Å². The highest BCUT2D eigenvalue weighted by Gasteiger charge is 2.46. The van der Waals surface area contributed by atoms with E-state index < -0.39 is 42.1 Å². The lowest BCUT2D eigenvalue weighted by Gasteiger charge is -2.32. The summed E-state index contributed by atoms with van der Waals surface area (Å²) in [5, 5.41) is 4.24.